The van der Waals surface area contributed by atoms with Gasteiger partial charge in [0.15, 0.2) is 0 Å². The summed E-state index contributed by atoms with van der Waals surface area (Å²) in [5.74, 6) is 0. The quantitative estimate of drug-likeness (QED) is 0.556. The van der Waals surface area contributed by atoms with E-state index < -0.39 is 21.7 Å². The first-order valence-corrected chi connectivity index (χ1v) is 6.39. The number of hydrogen-bond acceptors (Lipinski definition) is 4. The summed E-state index contributed by atoms with van der Waals surface area (Å²) in [5.41, 5.74) is -0.539. The van der Waals surface area contributed by atoms with Crippen LogP contribution in [0.15, 0.2) is 0 Å². The van der Waals surface area contributed by atoms with Crippen LogP contribution in [0.2, 0.25) is 0 Å². The highest BCUT2D eigenvalue weighted by Gasteiger charge is 2.21. The molecule has 0 aromatic heterocycles. The first-order valence-electron chi connectivity index (χ1n) is 4.50. The Hall–Kier alpha value is -0.170. The van der Waals surface area contributed by atoms with Gasteiger partial charge in [0.05, 0.1) is 12.4 Å². The van der Waals surface area contributed by atoms with Gasteiger partial charge in [0.1, 0.15) is 0 Å². The second-order valence-electron chi connectivity index (χ2n) is 4.24. The zero-order chi connectivity index (χ0) is 11.4. The van der Waals surface area contributed by atoms with Crippen molar-refractivity contribution < 1.29 is 13.5 Å². The van der Waals surface area contributed by atoms with Crippen molar-refractivity contribution in [2.45, 2.75) is 32.4 Å². The summed E-state index contributed by atoms with van der Waals surface area (Å²) < 4.78 is 24.4. The maximum absolute atomic E-state index is 11.0. The molecular weight excluding hydrogens is 204 g/mol. The summed E-state index contributed by atoms with van der Waals surface area (Å²) in [4.78, 5) is 0. The highest BCUT2D eigenvalue weighted by atomic mass is 32.2. The van der Waals surface area contributed by atoms with Gasteiger partial charge in [0.25, 0.3) is 0 Å². The van der Waals surface area contributed by atoms with Gasteiger partial charge in [-0.3, -0.25) is 0 Å². The zero-order valence-corrected chi connectivity index (χ0v) is 9.98. The summed E-state index contributed by atoms with van der Waals surface area (Å²) in [7, 11) is -3.18. The lowest BCUT2D eigenvalue weighted by Gasteiger charge is -2.25. The number of hydrogen-bond donors (Lipinski definition) is 3. The van der Waals surface area contributed by atoms with E-state index in [1.54, 1.807) is 20.8 Å². The first-order chi connectivity index (χ1) is 6.12. The van der Waals surface area contributed by atoms with Crippen LogP contribution in [0.4, 0.5) is 0 Å². The van der Waals surface area contributed by atoms with E-state index >= 15 is 0 Å². The van der Waals surface area contributed by atoms with Crippen molar-refractivity contribution in [2.75, 3.05) is 19.3 Å². The van der Waals surface area contributed by atoms with Crippen LogP contribution >= 0.6 is 0 Å². The molecule has 0 saturated carbocycles. The number of sulfonamides is 1. The van der Waals surface area contributed by atoms with Crippen molar-refractivity contribution in [3.63, 3.8) is 0 Å². The van der Waals surface area contributed by atoms with Crippen molar-refractivity contribution in [3.8, 4) is 0 Å². The molecule has 0 radical (unpaired) electrons. The third-order valence-electron chi connectivity index (χ3n) is 1.47. The standard InChI is InChI=1S/C8H20N2O3S/c1-7(11)5-9-6-8(2,3)10-14(4,12)13/h7,9-11H,5-6H2,1-4H3. The smallest absolute Gasteiger partial charge is 0.209 e. The SMILES string of the molecule is CC(O)CNCC(C)(C)NS(C)(=O)=O. The average Bonchev–Trinajstić information content (AvgIpc) is 1.78. The molecule has 1 atom stereocenters. The number of aliphatic hydroxyl groups is 1. The van der Waals surface area contributed by atoms with E-state index in [4.69, 9.17) is 5.11 Å². The monoisotopic (exact) mass is 224 g/mol. The molecule has 86 valence electrons. The van der Waals surface area contributed by atoms with Gasteiger partial charge in [0.2, 0.25) is 10.0 Å². The van der Waals surface area contributed by atoms with Gasteiger partial charge in [-0.25, -0.2) is 13.1 Å². The van der Waals surface area contributed by atoms with E-state index in [1.165, 1.54) is 0 Å². The van der Waals surface area contributed by atoms with E-state index in [1.807, 2.05) is 0 Å². The van der Waals surface area contributed by atoms with Gasteiger partial charge >= 0.3 is 0 Å². The van der Waals surface area contributed by atoms with Crippen LogP contribution in [0.25, 0.3) is 0 Å². The molecule has 0 spiro atoms. The van der Waals surface area contributed by atoms with E-state index in [0.717, 1.165) is 6.26 Å². The Balaban J connectivity index is 3.96. The Morgan fingerprint density at radius 2 is 1.93 bits per heavy atom. The predicted molar refractivity (Wildman–Crippen MR) is 56.6 cm³/mol. The Morgan fingerprint density at radius 3 is 2.29 bits per heavy atom. The van der Waals surface area contributed by atoms with Crippen molar-refractivity contribution in [3.05, 3.63) is 0 Å². The molecule has 6 heteroatoms. The van der Waals surface area contributed by atoms with Crippen molar-refractivity contribution in [1.82, 2.24) is 10.0 Å². The van der Waals surface area contributed by atoms with Gasteiger partial charge < -0.3 is 10.4 Å². The van der Waals surface area contributed by atoms with Crippen LogP contribution < -0.4 is 10.0 Å². The van der Waals surface area contributed by atoms with Crippen molar-refractivity contribution >= 4 is 10.0 Å². The Kier molecular flexibility index (Phi) is 5.00. The molecule has 14 heavy (non-hydrogen) atoms. The molecule has 0 rings (SSSR count). The second kappa shape index (κ2) is 5.06. The number of aliphatic hydroxyl groups excluding tert-OH is 1. The van der Waals surface area contributed by atoms with Crippen molar-refractivity contribution in [1.29, 1.82) is 0 Å². The molecular formula is C8H20N2O3S. The normalized spacial score (nSPS) is 15.5. The molecule has 3 N–H and O–H groups in total. The van der Waals surface area contributed by atoms with Crippen LogP contribution in [0, 0.1) is 0 Å². The van der Waals surface area contributed by atoms with E-state index in [0.29, 0.717) is 13.1 Å². The fourth-order valence-corrected chi connectivity index (χ4v) is 2.21. The molecule has 0 amide bonds. The molecule has 0 heterocycles. The molecule has 0 fully saturated rings. The summed E-state index contributed by atoms with van der Waals surface area (Å²) in [6.45, 7) is 6.16. The lowest BCUT2D eigenvalue weighted by Crippen LogP contribution is -2.50. The molecule has 5 nitrogen and oxygen atoms in total. The molecule has 0 aliphatic carbocycles. The minimum atomic E-state index is -3.18. The van der Waals surface area contributed by atoms with E-state index in [-0.39, 0.29) is 0 Å². The second-order valence-corrected chi connectivity index (χ2v) is 5.99. The predicted octanol–water partition coefficient (Wildman–Crippen LogP) is -0.715. The Labute approximate surface area is 85.9 Å². The first kappa shape index (κ1) is 13.8. The van der Waals surface area contributed by atoms with Crippen LogP contribution in [0.1, 0.15) is 20.8 Å². The molecule has 0 aliphatic rings. The maximum Gasteiger partial charge on any atom is 0.209 e. The fourth-order valence-electron chi connectivity index (χ4n) is 1.13. The van der Waals surface area contributed by atoms with Gasteiger partial charge in [-0.15, -0.1) is 0 Å². The van der Waals surface area contributed by atoms with Gasteiger partial charge in [-0.05, 0) is 20.8 Å². The lowest BCUT2D eigenvalue weighted by molar-refractivity contribution is 0.188. The van der Waals surface area contributed by atoms with E-state index in [9.17, 15) is 8.42 Å². The summed E-state index contributed by atoms with van der Waals surface area (Å²) in [6, 6.07) is 0. The third kappa shape index (κ3) is 8.43. The van der Waals surface area contributed by atoms with Gasteiger partial charge in [-0.1, -0.05) is 0 Å². The molecule has 1 unspecified atom stereocenters. The van der Waals surface area contributed by atoms with Gasteiger partial charge in [0, 0.05) is 18.6 Å². The highest BCUT2D eigenvalue weighted by Crippen LogP contribution is 2.01. The molecule has 0 aromatic rings. The number of nitrogens with one attached hydrogen (secondary N) is 2. The summed E-state index contributed by atoms with van der Waals surface area (Å²) >= 11 is 0. The minimum absolute atomic E-state index is 0.427. The maximum atomic E-state index is 11.0. The summed E-state index contributed by atoms with van der Waals surface area (Å²) in [6.07, 6.45) is 0.702. The molecule has 0 saturated heterocycles. The summed E-state index contributed by atoms with van der Waals surface area (Å²) in [5, 5.41) is 12.0. The average molecular weight is 224 g/mol. The molecule has 0 bridgehead atoms. The van der Waals surface area contributed by atoms with Crippen LogP contribution in [-0.2, 0) is 10.0 Å². The minimum Gasteiger partial charge on any atom is -0.392 e. The Bertz CT molecular complexity index is 260. The highest BCUT2D eigenvalue weighted by molar-refractivity contribution is 7.88. The topological polar surface area (TPSA) is 78.4 Å². The lowest BCUT2D eigenvalue weighted by atomic mass is 10.1. The van der Waals surface area contributed by atoms with Gasteiger partial charge in [-0.2, -0.15) is 0 Å². The van der Waals surface area contributed by atoms with E-state index in [2.05, 4.69) is 10.0 Å². The fraction of sp³-hybridized carbons (Fsp3) is 1.00. The van der Waals surface area contributed by atoms with Crippen LogP contribution in [0.5, 0.6) is 0 Å². The van der Waals surface area contributed by atoms with Crippen molar-refractivity contribution in [2.24, 2.45) is 0 Å². The molecule has 0 aromatic carbocycles. The zero-order valence-electron chi connectivity index (χ0n) is 9.16. The van der Waals surface area contributed by atoms with Crippen LogP contribution in [-0.4, -0.2) is 44.5 Å². The largest absolute Gasteiger partial charge is 0.392 e. The van der Waals surface area contributed by atoms with Crippen LogP contribution in [0.3, 0.4) is 0 Å². The molecule has 0 aliphatic heterocycles. The number of rotatable bonds is 6. The third-order valence-corrected chi connectivity index (χ3v) is 2.39. The Morgan fingerprint density at radius 1 is 1.43 bits per heavy atom.